The lowest BCUT2D eigenvalue weighted by Gasteiger charge is -2.23. The first-order valence-corrected chi connectivity index (χ1v) is 5.23. The highest BCUT2D eigenvalue weighted by Crippen LogP contribution is 2.12. The van der Waals surface area contributed by atoms with Crippen molar-refractivity contribution in [2.24, 2.45) is 11.7 Å². The highest BCUT2D eigenvalue weighted by Gasteiger charge is 2.18. The van der Waals surface area contributed by atoms with Crippen LogP contribution in [0.3, 0.4) is 0 Å². The van der Waals surface area contributed by atoms with Gasteiger partial charge in [-0.1, -0.05) is 0 Å². The van der Waals surface area contributed by atoms with E-state index in [0.29, 0.717) is 12.5 Å². The van der Waals surface area contributed by atoms with Crippen LogP contribution >= 0.6 is 0 Å². The third-order valence-electron chi connectivity index (χ3n) is 2.52. The largest absolute Gasteiger partial charge is 0.383 e. The maximum atomic E-state index is 5.86. The molecule has 14 heavy (non-hydrogen) atoms. The molecule has 4 heteroatoms. The second kappa shape index (κ2) is 6.35. The summed E-state index contributed by atoms with van der Waals surface area (Å²) in [6.07, 6.45) is 1.18. The fourth-order valence-electron chi connectivity index (χ4n) is 1.91. The van der Waals surface area contributed by atoms with E-state index in [1.165, 1.54) is 6.42 Å². The minimum atomic E-state index is 0.118. The van der Waals surface area contributed by atoms with Crippen molar-refractivity contribution in [1.29, 1.82) is 0 Å². The number of likely N-dealkylation sites (N-methyl/N-ethyl adjacent to an activating group) is 1. The Hall–Kier alpha value is -0.160. The van der Waals surface area contributed by atoms with Gasteiger partial charge in [0.05, 0.1) is 13.2 Å². The fourth-order valence-corrected chi connectivity index (χ4v) is 1.91. The van der Waals surface area contributed by atoms with Crippen molar-refractivity contribution in [3.63, 3.8) is 0 Å². The molecule has 2 unspecified atom stereocenters. The summed E-state index contributed by atoms with van der Waals surface area (Å²) in [5.74, 6) is 0.690. The zero-order valence-electron chi connectivity index (χ0n) is 9.24. The molecule has 1 fully saturated rings. The molecular formula is C10H22N2O2. The van der Waals surface area contributed by atoms with E-state index in [4.69, 9.17) is 15.2 Å². The van der Waals surface area contributed by atoms with Gasteiger partial charge in [0, 0.05) is 32.8 Å². The van der Waals surface area contributed by atoms with E-state index in [2.05, 4.69) is 11.9 Å². The molecule has 1 saturated heterocycles. The predicted octanol–water partition coefficient (Wildman–Crippen LogP) is -0.0716. The molecule has 1 aliphatic rings. The van der Waals surface area contributed by atoms with Crippen LogP contribution in [-0.2, 0) is 9.47 Å². The van der Waals surface area contributed by atoms with Crippen molar-refractivity contribution in [1.82, 2.24) is 4.90 Å². The predicted molar refractivity (Wildman–Crippen MR) is 56.3 cm³/mol. The zero-order chi connectivity index (χ0) is 10.4. The van der Waals surface area contributed by atoms with Crippen LogP contribution < -0.4 is 5.73 Å². The summed E-state index contributed by atoms with van der Waals surface area (Å²) in [5, 5.41) is 0. The van der Waals surface area contributed by atoms with Crippen molar-refractivity contribution >= 4 is 0 Å². The summed E-state index contributed by atoms with van der Waals surface area (Å²) >= 11 is 0. The topological polar surface area (TPSA) is 47.7 Å². The number of nitrogens with two attached hydrogens (primary N) is 1. The smallest absolute Gasteiger partial charge is 0.0626 e. The normalized spacial score (nSPS) is 24.4. The van der Waals surface area contributed by atoms with Crippen LogP contribution in [0.5, 0.6) is 0 Å². The van der Waals surface area contributed by atoms with Gasteiger partial charge in [0.1, 0.15) is 0 Å². The van der Waals surface area contributed by atoms with E-state index in [9.17, 15) is 0 Å². The van der Waals surface area contributed by atoms with E-state index in [0.717, 1.165) is 26.3 Å². The van der Waals surface area contributed by atoms with Crippen LogP contribution in [0, 0.1) is 5.92 Å². The van der Waals surface area contributed by atoms with Gasteiger partial charge in [-0.25, -0.2) is 0 Å². The van der Waals surface area contributed by atoms with E-state index >= 15 is 0 Å². The molecular weight excluding hydrogens is 180 g/mol. The Balaban J connectivity index is 2.10. The molecule has 0 aromatic rings. The van der Waals surface area contributed by atoms with Gasteiger partial charge in [0.15, 0.2) is 0 Å². The fraction of sp³-hybridized carbons (Fsp3) is 1.00. The van der Waals surface area contributed by atoms with Gasteiger partial charge in [-0.3, -0.25) is 0 Å². The van der Waals surface area contributed by atoms with Crippen LogP contribution in [-0.4, -0.2) is 58.0 Å². The van der Waals surface area contributed by atoms with Crippen LogP contribution in [0.25, 0.3) is 0 Å². The molecule has 1 rings (SSSR count). The summed E-state index contributed by atoms with van der Waals surface area (Å²) in [6, 6.07) is 0.118. The van der Waals surface area contributed by atoms with E-state index < -0.39 is 0 Å². The monoisotopic (exact) mass is 202 g/mol. The van der Waals surface area contributed by atoms with Crippen LogP contribution in [0.1, 0.15) is 6.42 Å². The standard InChI is InChI=1S/C10H22N2O2/c1-12(6-10(11)8-13-2)5-9-3-4-14-7-9/h9-10H,3-8,11H2,1-2H3. The molecule has 2 atom stereocenters. The number of rotatable bonds is 6. The number of methoxy groups -OCH3 is 1. The van der Waals surface area contributed by atoms with Crippen molar-refractivity contribution in [3.05, 3.63) is 0 Å². The maximum absolute atomic E-state index is 5.86. The van der Waals surface area contributed by atoms with E-state index in [1.54, 1.807) is 7.11 Å². The maximum Gasteiger partial charge on any atom is 0.0626 e. The summed E-state index contributed by atoms with van der Waals surface area (Å²) in [4.78, 5) is 2.27. The van der Waals surface area contributed by atoms with Crippen molar-refractivity contribution in [2.75, 3.05) is 47.1 Å². The highest BCUT2D eigenvalue weighted by molar-refractivity contribution is 4.71. The number of ether oxygens (including phenoxy) is 2. The Morgan fingerprint density at radius 2 is 2.43 bits per heavy atom. The molecule has 0 bridgehead atoms. The Kier molecular flexibility index (Phi) is 5.40. The van der Waals surface area contributed by atoms with Crippen molar-refractivity contribution in [2.45, 2.75) is 12.5 Å². The Labute approximate surface area is 86.3 Å². The average Bonchev–Trinajstić information content (AvgIpc) is 2.56. The summed E-state index contributed by atoms with van der Waals surface area (Å²) in [6.45, 7) is 4.43. The molecule has 0 radical (unpaired) electrons. The van der Waals surface area contributed by atoms with Crippen LogP contribution in [0.4, 0.5) is 0 Å². The molecule has 0 spiro atoms. The van der Waals surface area contributed by atoms with Gasteiger partial charge >= 0.3 is 0 Å². The summed E-state index contributed by atoms with van der Waals surface area (Å²) < 4.78 is 10.3. The summed E-state index contributed by atoms with van der Waals surface area (Å²) in [5.41, 5.74) is 5.86. The highest BCUT2D eigenvalue weighted by atomic mass is 16.5. The molecule has 84 valence electrons. The third-order valence-corrected chi connectivity index (χ3v) is 2.52. The molecule has 0 saturated carbocycles. The summed E-state index contributed by atoms with van der Waals surface area (Å²) in [7, 11) is 3.79. The first kappa shape index (κ1) is 11.9. The SMILES string of the molecule is COCC(N)CN(C)CC1CCOC1. The van der Waals surface area contributed by atoms with Crippen molar-refractivity contribution in [3.8, 4) is 0 Å². The lowest BCUT2D eigenvalue weighted by Crippen LogP contribution is -2.40. The zero-order valence-corrected chi connectivity index (χ0v) is 9.24. The average molecular weight is 202 g/mol. The second-order valence-corrected chi connectivity index (χ2v) is 4.17. The number of hydrogen-bond donors (Lipinski definition) is 1. The van der Waals surface area contributed by atoms with Gasteiger partial charge in [-0.15, -0.1) is 0 Å². The first-order chi connectivity index (χ1) is 6.72. The molecule has 1 heterocycles. The van der Waals surface area contributed by atoms with Gasteiger partial charge in [0.25, 0.3) is 0 Å². The second-order valence-electron chi connectivity index (χ2n) is 4.17. The molecule has 0 aromatic carbocycles. The molecule has 4 nitrogen and oxygen atoms in total. The molecule has 1 aliphatic heterocycles. The minimum Gasteiger partial charge on any atom is -0.383 e. The van der Waals surface area contributed by atoms with E-state index in [1.807, 2.05) is 0 Å². The van der Waals surface area contributed by atoms with Gasteiger partial charge < -0.3 is 20.1 Å². The number of hydrogen-bond acceptors (Lipinski definition) is 4. The quantitative estimate of drug-likeness (QED) is 0.655. The number of nitrogens with zero attached hydrogens (tertiary/aromatic N) is 1. The van der Waals surface area contributed by atoms with Crippen molar-refractivity contribution < 1.29 is 9.47 Å². The van der Waals surface area contributed by atoms with Gasteiger partial charge in [-0.2, -0.15) is 0 Å². The Bertz CT molecular complexity index is 149. The lowest BCUT2D eigenvalue weighted by molar-refractivity contribution is 0.148. The minimum absolute atomic E-state index is 0.118. The molecule has 0 aromatic heterocycles. The van der Waals surface area contributed by atoms with Gasteiger partial charge in [-0.05, 0) is 19.4 Å². The molecule has 0 aliphatic carbocycles. The molecule has 0 amide bonds. The van der Waals surface area contributed by atoms with E-state index in [-0.39, 0.29) is 6.04 Å². The first-order valence-electron chi connectivity index (χ1n) is 5.23. The van der Waals surface area contributed by atoms with Crippen LogP contribution in [0.15, 0.2) is 0 Å². The lowest BCUT2D eigenvalue weighted by atomic mass is 10.1. The van der Waals surface area contributed by atoms with Crippen LogP contribution in [0.2, 0.25) is 0 Å². The Morgan fingerprint density at radius 3 is 3.00 bits per heavy atom. The Morgan fingerprint density at radius 1 is 1.64 bits per heavy atom. The third kappa shape index (κ3) is 4.37. The molecule has 2 N–H and O–H groups in total. The van der Waals surface area contributed by atoms with Gasteiger partial charge in [0.2, 0.25) is 0 Å².